The molecule has 0 bridgehead atoms. The molecule has 0 spiro atoms. The van der Waals surface area contributed by atoms with Crippen LogP contribution in [0.5, 0.6) is 0 Å². The van der Waals surface area contributed by atoms with Crippen LogP contribution in [-0.2, 0) is 39.9 Å². The quantitative estimate of drug-likeness (QED) is 0.322. The number of carbonyl (C=O) groups excluding carboxylic acids is 7. The van der Waals surface area contributed by atoms with Crippen molar-refractivity contribution in [2.24, 2.45) is 5.92 Å². The van der Waals surface area contributed by atoms with E-state index in [-0.39, 0.29) is 31.3 Å². The van der Waals surface area contributed by atoms with Gasteiger partial charge in [-0.2, -0.15) is 0 Å². The van der Waals surface area contributed by atoms with E-state index in [1.807, 2.05) is 25.1 Å². The lowest BCUT2D eigenvalue weighted by Crippen LogP contribution is -2.63. The molecule has 1 unspecified atom stereocenters. The third kappa shape index (κ3) is 9.09. The molecule has 7 amide bonds. The largest absolute Gasteiger partial charge is 0.458 e. The van der Waals surface area contributed by atoms with Crippen LogP contribution in [-0.4, -0.2) is 118 Å². The molecule has 15 heteroatoms. The van der Waals surface area contributed by atoms with Crippen LogP contribution < -0.4 is 21.3 Å². The summed E-state index contributed by atoms with van der Waals surface area (Å²) < 4.78 is 5.94. The first kappa shape index (κ1) is 39.2. The van der Waals surface area contributed by atoms with Gasteiger partial charge in [0.1, 0.15) is 42.4 Å². The van der Waals surface area contributed by atoms with Crippen molar-refractivity contribution in [1.82, 2.24) is 30.7 Å². The number of urea groups is 1. The Kier molecular flexibility index (Phi) is 12.4. The maximum absolute atomic E-state index is 14.7. The SMILES string of the molecule is CC1OC(=O)[C@@H]2C[C@@H](C)CN2C(=O)[C@H](C)NC(=O)[C@@H]2CCCCN2C(=O)[C@@H]2CCCN2C(=O)[C@H]1NC(=O)[C@H](Cc1ccccc1)NC(=O)Nc1ccccc1. The van der Waals surface area contributed by atoms with Gasteiger partial charge >= 0.3 is 12.0 Å². The Labute approximate surface area is 320 Å². The molecule has 2 aromatic carbocycles. The number of hydrogen-bond donors (Lipinski definition) is 4. The van der Waals surface area contributed by atoms with Crippen molar-refractivity contribution in [3.8, 4) is 0 Å². The van der Waals surface area contributed by atoms with Gasteiger partial charge in [0.05, 0.1) is 0 Å². The summed E-state index contributed by atoms with van der Waals surface area (Å²) in [5, 5.41) is 11.0. The number of benzene rings is 2. The first-order chi connectivity index (χ1) is 26.4. The first-order valence-electron chi connectivity index (χ1n) is 19.3. The minimum Gasteiger partial charge on any atom is -0.458 e. The Balaban J connectivity index is 1.32. The highest BCUT2D eigenvalue weighted by Crippen LogP contribution is 2.29. The molecule has 4 aliphatic rings. The molecule has 4 fully saturated rings. The maximum Gasteiger partial charge on any atom is 0.329 e. The number of rotatable bonds is 6. The van der Waals surface area contributed by atoms with Gasteiger partial charge in [0, 0.05) is 31.7 Å². The summed E-state index contributed by atoms with van der Waals surface area (Å²) in [6.07, 6.45) is 1.77. The number of amides is 7. The van der Waals surface area contributed by atoms with Gasteiger partial charge in [-0.15, -0.1) is 0 Å². The van der Waals surface area contributed by atoms with Crippen LogP contribution in [0, 0.1) is 5.92 Å². The van der Waals surface area contributed by atoms with Crippen molar-refractivity contribution in [1.29, 1.82) is 0 Å². The van der Waals surface area contributed by atoms with Gasteiger partial charge in [0.15, 0.2) is 0 Å². The monoisotopic (exact) mass is 757 g/mol. The first-order valence-corrected chi connectivity index (χ1v) is 19.3. The van der Waals surface area contributed by atoms with Gasteiger partial charge in [0.25, 0.3) is 0 Å². The van der Waals surface area contributed by atoms with Gasteiger partial charge < -0.3 is 40.7 Å². The number of carbonyl (C=O) groups is 7. The maximum atomic E-state index is 14.7. The predicted molar refractivity (Wildman–Crippen MR) is 201 cm³/mol. The van der Waals surface area contributed by atoms with Crippen LogP contribution in [0.3, 0.4) is 0 Å². The normalized spacial score (nSPS) is 28.3. The molecule has 4 N–H and O–H groups in total. The summed E-state index contributed by atoms with van der Waals surface area (Å²) in [6.45, 7) is 5.74. The van der Waals surface area contributed by atoms with Crippen molar-refractivity contribution in [2.75, 3.05) is 25.0 Å². The fraction of sp³-hybridized carbons (Fsp3) is 0.525. The number of ether oxygens (including phenoxy) is 1. The molecular weight excluding hydrogens is 706 g/mol. The minimum atomic E-state index is -1.46. The fourth-order valence-corrected chi connectivity index (χ4v) is 8.13. The second-order valence-corrected chi connectivity index (χ2v) is 15.1. The van der Waals surface area contributed by atoms with Crippen LogP contribution in [0.4, 0.5) is 10.5 Å². The molecule has 294 valence electrons. The third-order valence-electron chi connectivity index (χ3n) is 11.0. The van der Waals surface area contributed by atoms with Crippen molar-refractivity contribution < 1.29 is 38.3 Å². The molecule has 0 radical (unpaired) electrons. The van der Waals surface area contributed by atoms with Gasteiger partial charge in [-0.3, -0.25) is 24.0 Å². The molecule has 8 atom stereocenters. The number of para-hydroxylation sites is 1. The molecule has 4 aliphatic heterocycles. The third-order valence-corrected chi connectivity index (χ3v) is 11.0. The van der Waals surface area contributed by atoms with Crippen molar-refractivity contribution in [3.63, 3.8) is 0 Å². The van der Waals surface area contributed by atoms with Crippen LogP contribution in [0.2, 0.25) is 0 Å². The smallest absolute Gasteiger partial charge is 0.329 e. The topological polar surface area (TPSA) is 187 Å². The van der Waals surface area contributed by atoms with Gasteiger partial charge in [-0.05, 0) is 76.0 Å². The summed E-state index contributed by atoms with van der Waals surface area (Å²) in [4.78, 5) is 102. The molecule has 0 aliphatic carbocycles. The summed E-state index contributed by atoms with van der Waals surface area (Å²) >= 11 is 0. The van der Waals surface area contributed by atoms with Crippen molar-refractivity contribution in [2.45, 2.75) is 108 Å². The highest BCUT2D eigenvalue weighted by molar-refractivity contribution is 5.98. The van der Waals surface area contributed by atoms with Crippen molar-refractivity contribution >= 4 is 47.2 Å². The highest BCUT2D eigenvalue weighted by Gasteiger charge is 2.47. The highest BCUT2D eigenvalue weighted by atomic mass is 16.5. The van der Waals surface area contributed by atoms with Gasteiger partial charge in [-0.1, -0.05) is 55.5 Å². The molecule has 55 heavy (non-hydrogen) atoms. The summed E-state index contributed by atoms with van der Waals surface area (Å²) in [7, 11) is 0. The van der Waals surface area contributed by atoms with E-state index in [1.54, 1.807) is 49.4 Å². The Morgan fingerprint density at radius 1 is 0.782 bits per heavy atom. The van der Waals surface area contributed by atoms with E-state index < -0.39 is 78.0 Å². The standard InChI is InChI=1S/C40H51N7O8/c1-24-21-32-39(53)55-26(3)33(44-34(48)29(22-27-13-6-4-7-14-27)43-40(54)42-28-15-8-5-9-16-28)38(52)46-20-12-18-31(46)37(51)45-19-11-10-17-30(45)35(49)41-25(2)36(50)47(32)23-24/h4-9,13-16,24-26,29-33H,10-12,17-23H2,1-3H3,(H,41,49)(H,44,48)(H2,42,43,54)/t24-,25+,26?,29+,30+,31+,32+,33+/m1/s1. The van der Waals surface area contributed by atoms with E-state index in [0.717, 1.165) is 5.56 Å². The zero-order chi connectivity index (χ0) is 39.2. The van der Waals surface area contributed by atoms with E-state index in [0.29, 0.717) is 50.8 Å². The molecule has 4 saturated heterocycles. The number of hydrogen-bond acceptors (Lipinski definition) is 8. The van der Waals surface area contributed by atoms with E-state index >= 15 is 0 Å². The molecule has 15 nitrogen and oxygen atoms in total. The summed E-state index contributed by atoms with van der Waals surface area (Å²) in [5.41, 5.74) is 1.25. The molecule has 6 rings (SSSR count). The Morgan fingerprint density at radius 2 is 1.44 bits per heavy atom. The summed E-state index contributed by atoms with van der Waals surface area (Å²) in [5.74, 6) is -3.46. The van der Waals surface area contributed by atoms with E-state index in [2.05, 4.69) is 21.3 Å². The number of nitrogens with zero attached hydrogens (tertiary/aromatic N) is 3. The second-order valence-electron chi connectivity index (χ2n) is 15.1. The number of cyclic esters (lactones) is 1. The molecule has 0 aromatic heterocycles. The lowest BCUT2D eigenvalue weighted by atomic mass is 9.99. The van der Waals surface area contributed by atoms with Gasteiger partial charge in [-0.25, -0.2) is 9.59 Å². The average Bonchev–Trinajstić information content (AvgIpc) is 3.83. The number of nitrogens with one attached hydrogen (secondary N) is 4. The number of anilines is 1. The zero-order valence-electron chi connectivity index (χ0n) is 31.6. The minimum absolute atomic E-state index is 0.0532. The number of esters is 1. The van der Waals surface area contributed by atoms with Crippen LogP contribution in [0.1, 0.15) is 64.9 Å². The van der Waals surface area contributed by atoms with Gasteiger partial charge in [0.2, 0.25) is 29.5 Å². The van der Waals surface area contributed by atoms with Crippen LogP contribution >= 0.6 is 0 Å². The molecule has 4 heterocycles. The molecular formula is C40H51N7O8. The Morgan fingerprint density at radius 3 is 2.16 bits per heavy atom. The van der Waals surface area contributed by atoms with E-state index in [9.17, 15) is 33.6 Å². The molecule has 0 saturated carbocycles. The lowest BCUT2D eigenvalue weighted by Gasteiger charge is -2.39. The fourth-order valence-electron chi connectivity index (χ4n) is 8.13. The molecule has 2 aromatic rings. The van der Waals surface area contributed by atoms with E-state index in [1.165, 1.54) is 21.6 Å². The predicted octanol–water partition coefficient (Wildman–Crippen LogP) is 1.96. The zero-order valence-corrected chi connectivity index (χ0v) is 31.6. The summed E-state index contributed by atoms with van der Waals surface area (Å²) in [6, 6.07) is 10.8. The Hall–Kier alpha value is -5.47. The number of piperidine rings is 1. The lowest BCUT2D eigenvalue weighted by molar-refractivity contribution is -0.163. The Bertz CT molecular complexity index is 1760. The average molecular weight is 758 g/mol. The number of fused-ring (bicyclic) bond motifs is 3. The van der Waals surface area contributed by atoms with Crippen LogP contribution in [0.15, 0.2) is 60.7 Å². The van der Waals surface area contributed by atoms with Crippen molar-refractivity contribution in [3.05, 3.63) is 66.2 Å². The van der Waals surface area contributed by atoms with E-state index in [4.69, 9.17) is 4.74 Å². The van der Waals surface area contributed by atoms with Crippen LogP contribution in [0.25, 0.3) is 0 Å². The second kappa shape index (κ2) is 17.3.